The van der Waals surface area contributed by atoms with E-state index in [-0.39, 0.29) is 28.2 Å². The smallest absolute Gasteiger partial charge is 0.339 e. The Hall–Kier alpha value is -3.94. The van der Waals surface area contributed by atoms with E-state index in [1.54, 1.807) is 0 Å². The largest absolute Gasteiger partial charge is 0.508 e. The highest BCUT2D eigenvalue weighted by atomic mass is 16.4. The van der Waals surface area contributed by atoms with Crippen LogP contribution in [0.2, 0.25) is 0 Å². The number of rotatable bonds is 5. The summed E-state index contributed by atoms with van der Waals surface area (Å²) in [5, 5.41) is 50.0. The van der Waals surface area contributed by atoms with Crippen LogP contribution in [0.3, 0.4) is 0 Å². The molecule has 8 nitrogen and oxygen atoms in total. The van der Waals surface area contributed by atoms with Crippen LogP contribution in [-0.2, 0) is 6.42 Å². The molecular formula is C21H18O8. The minimum atomic E-state index is -0.902. The Bertz CT molecular complexity index is 1160. The van der Waals surface area contributed by atoms with Crippen molar-refractivity contribution in [1.82, 2.24) is 0 Å². The van der Waals surface area contributed by atoms with Gasteiger partial charge in [-0.25, -0.2) is 4.79 Å². The number of carbonyl (C=O) groups is 1. The van der Waals surface area contributed by atoms with Crippen molar-refractivity contribution in [2.24, 2.45) is 0 Å². The van der Waals surface area contributed by atoms with E-state index in [0.717, 1.165) is 30.3 Å². The number of benzene rings is 2. The van der Waals surface area contributed by atoms with Crippen LogP contribution in [0.5, 0.6) is 28.7 Å². The summed E-state index contributed by atoms with van der Waals surface area (Å²) in [6, 6.07) is 6.21. The summed E-state index contributed by atoms with van der Waals surface area (Å²) in [6.07, 6.45) is 0.970. The molecule has 0 saturated carbocycles. The van der Waals surface area contributed by atoms with Gasteiger partial charge in [0.15, 0.2) is 0 Å². The number of phenolic OH excluding ortho intramolecular Hbond substituents is 4. The van der Waals surface area contributed by atoms with E-state index in [4.69, 9.17) is 4.42 Å². The molecule has 0 spiro atoms. The lowest BCUT2D eigenvalue weighted by atomic mass is 9.90. The van der Waals surface area contributed by atoms with Gasteiger partial charge in [0, 0.05) is 23.8 Å². The Labute approximate surface area is 164 Å². The first kappa shape index (κ1) is 19.8. The van der Waals surface area contributed by atoms with Crippen molar-refractivity contribution in [2.75, 3.05) is 0 Å². The number of carbonyl (C=O) groups excluding carboxylic acids is 1. The van der Waals surface area contributed by atoms with Gasteiger partial charge in [-0.15, -0.1) is 0 Å². The van der Waals surface area contributed by atoms with Gasteiger partial charge in [-0.05, 0) is 24.1 Å². The van der Waals surface area contributed by atoms with Gasteiger partial charge >= 0.3 is 5.63 Å². The van der Waals surface area contributed by atoms with Crippen LogP contribution in [0.4, 0.5) is 0 Å². The summed E-state index contributed by atoms with van der Waals surface area (Å²) in [5.74, 6) is -3.26. The third kappa shape index (κ3) is 3.86. The molecule has 0 bridgehead atoms. The molecule has 5 N–H and O–H groups in total. The van der Waals surface area contributed by atoms with Crippen LogP contribution in [0.25, 0.3) is 11.3 Å². The molecule has 0 amide bonds. The maximum absolute atomic E-state index is 13.3. The second-order valence-corrected chi connectivity index (χ2v) is 6.46. The molecule has 8 heteroatoms. The molecule has 0 aliphatic carbocycles. The Balaban J connectivity index is 2.30. The van der Waals surface area contributed by atoms with Crippen molar-refractivity contribution in [2.45, 2.75) is 19.8 Å². The number of phenols is 4. The first-order valence-electron chi connectivity index (χ1n) is 8.71. The fourth-order valence-corrected chi connectivity index (χ4v) is 3.16. The minimum absolute atomic E-state index is 0.144. The molecule has 2 aromatic carbocycles. The second-order valence-electron chi connectivity index (χ2n) is 6.46. The number of aryl methyl sites for hydroxylation is 1. The van der Waals surface area contributed by atoms with Gasteiger partial charge in [0.2, 0.25) is 5.78 Å². The highest BCUT2D eigenvalue weighted by Gasteiger charge is 2.26. The van der Waals surface area contributed by atoms with E-state index in [1.807, 2.05) is 6.92 Å². The Morgan fingerprint density at radius 1 is 0.828 bits per heavy atom. The molecule has 0 fully saturated rings. The average Bonchev–Trinajstić information content (AvgIpc) is 2.59. The maximum Gasteiger partial charge on any atom is 0.339 e. The van der Waals surface area contributed by atoms with E-state index in [0.29, 0.717) is 18.4 Å². The van der Waals surface area contributed by atoms with Crippen LogP contribution in [0, 0.1) is 0 Å². The molecule has 0 saturated heterocycles. The molecular weight excluding hydrogens is 380 g/mol. The zero-order chi connectivity index (χ0) is 21.3. The number of hydrogen-bond donors (Lipinski definition) is 5. The highest BCUT2D eigenvalue weighted by molar-refractivity contribution is 6.16. The van der Waals surface area contributed by atoms with Gasteiger partial charge < -0.3 is 29.9 Å². The fourth-order valence-electron chi connectivity index (χ4n) is 3.16. The van der Waals surface area contributed by atoms with Crippen molar-refractivity contribution in [1.29, 1.82) is 0 Å². The third-order valence-electron chi connectivity index (χ3n) is 4.28. The maximum atomic E-state index is 13.3. The highest BCUT2D eigenvalue weighted by Crippen LogP contribution is 2.39. The van der Waals surface area contributed by atoms with Gasteiger partial charge in [0.05, 0.1) is 17.2 Å². The summed E-state index contributed by atoms with van der Waals surface area (Å²) in [7, 11) is 0. The number of hydrogen-bond acceptors (Lipinski definition) is 8. The van der Waals surface area contributed by atoms with E-state index in [1.165, 1.54) is 6.07 Å². The topological polar surface area (TPSA) is 148 Å². The van der Waals surface area contributed by atoms with E-state index < -0.39 is 34.4 Å². The van der Waals surface area contributed by atoms with Crippen molar-refractivity contribution in [3.05, 3.63) is 63.5 Å². The minimum Gasteiger partial charge on any atom is -0.508 e. The quantitative estimate of drug-likeness (QED) is 0.412. The monoisotopic (exact) mass is 398 g/mol. The first-order valence-corrected chi connectivity index (χ1v) is 8.71. The van der Waals surface area contributed by atoms with Crippen LogP contribution < -0.4 is 5.63 Å². The molecule has 0 radical (unpaired) electrons. The van der Waals surface area contributed by atoms with Gasteiger partial charge in [-0.2, -0.15) is 0 Å². The molecule has 0 aliphatic heterocycles. The van der Waals surface area contributed by atoms with Gasteiger partial charge in [0.25, 0.3) is 0 Å². The molecule has 3 rings (SSSR count). The summed E-state index contributed by atoms with van der Waals surface area (Å²) < 4.78 is 5.02. The van der Waals surface area contributed by atoms with Gasteiger partial charge in [0.1, 0.15) is 34.5 Å². The summed E-state index contributed by atoms with van der Waals surface area (Å²) in [6.45, 7) is 1.85. The fraction of sp³-hybridized carbons (Fsp3) is 0.143. The van der Waals surface area contributed by atoms with Crippen LogP contribution in [-0.4, -0.2) is 31.3 Å². The lowest BCUT2D eigenvalue weighted by Gasteiger charge is -2.15. The Morgan fingerprint density at radius 2 is 1.41 bits per heavy atom. The second kappa shape index (κ2) is 7.59. The molecule has 29 heavy (non-hydrogen) atoms. The number of aromatic hydroxyl groups is 5. The number of ketones is 1. The van der Waals surface area contributed by atoms with Crippen LogP contribution in [0.15, 0.2) is 45.6 Å². The van der Waals surface area contributed by atoms with Gasteiger partial charge in [-0.1, -0.05) is 13.3 Å². The SMILES string of the molecule is CCCc1cc(O)cc(O)c1C(=O)c1c(O)cc(O)cc1-c1cc(O)cc(=O)o1. The van der Waals surface area contributed by atoms with Gasteiger partial charge in [-0.3, -0.25) is 4.79 Å². The average molecular weight is 398 g/mol. The van der Waals surface area contributed by atoms with Crippen molar-refractivity contribution in [3.63, 3.8) is 0 Å². The van der Waals surface area contributed by atoms with E-state index in [9.17, 15) is 35.1 Å². The molecule has 0 atom stereocenters. The summed E-state index contributed by atoms with van der Waals surface area (Å²) in [4.78, 5) is 24.9. The Morgan fingerprint density at radius 3 is 2.03 bits per heavy atom. The van der Waals surface area contributed by atoms with E-state index in [2.05, 4.69) is 0 Å². The van der Waals surface area contributed by atoms with Crippen molar-refractivity contribution in [3.8, 4) is 40.1 Å². The molecule has 1 heterocycles. The van der Waals surface area contributed by atoms with Crippen molar-refractivity contribution < 1.29 is 34.7 Å². The predicted molar refractivity (Wildman–Crippen MR) is 103 cm³/mol. The lowest BCUT2D eigenvalue weighted by Crippen LogP contribution is -2.09. The molecule has 3 aromatic rings. The normalized spacial score (nSPS) is 10.8. The summed E-state index contributed by atoms with van der Waals surface area (Å²) >= 11 is 0. The standard InChI is InChI=1S/C21H18O8/c1-2-3-10-4-11(22)6-15(25)19(10)21(28)20-14(5-12(23)7-16(20)26)17-8-13(24)9-18(27)29-17/h4-9,22-26H,2-3H2,1H3. The van der Waals surface area contributed by atoms with Crippen LogP contribution in [0.1, 0.15) is 34.8 Å². The first-order chi connectivity index (χ1) is 13.7. The van der Waals surface area contributed by atoms with Crippen molar-refractivity contribution >= 4 is 5.78 Å². The molecule has 0 aliphatic rings. The predicted octanol–water partition coefficient (Wildman–Crippen LogP) is 3.02. The molecule has 1 aromatic heterocycles. The zero-order valence-electron chi connectivity index (χ0n) is 15.3. The lowest BCUT2D eigenvalue weighted by molar-refractivity contribution is 0.103. The molecule has 0 unspecified atom stereocenters. The Kier molecular flexibility index (Phi) is 5.18. The van der Waals surface area contributed by atoms with E-state index >= 15 is 0 Å². The van der Waals surface area contributed by atoms with Crippen LogP contribution >= 0.6 is 0 Å². The summed E-state index contributed by atoms with van der Waals surface area (Å²) in [5.41, 5.74) is -1.20. The zero-order valence-corrected chi connectivity index (χ0v) is 15.3. The third-order valence-corrected chi connectivity index (χ3v) is 4.28. The molecule has 150 valence electrons.